The number of alkyl halides is 1. The van der Waals surface area contributed by atoms with Crippen LogP contribution in [0.3, 0.4) is 0 Å². The molecule has 0 saturated heterocycles. The summed E-state index contributed by atoms with van der Waals surface area (Å²) in [7, 11) is 0. The first-order valence-corrected chi connectivity index (χ1v) is 3.87. The zero-order chi connectivity index (χ0) is 7.61. The molecule has 0 heterocycles. The highest BCUT2D eigenvalue weighted by atomic mass is 79.9. The highest BCUT2D eigenvalue weighted by molar-refractivity contribution is 9.09. The molecular weight excluding hydrogens is 192 g/mol. The van der Waals surface area contributed by atoms with Gasteiger partial charge in [0, 0.05) is 0 Å². The molecule has 1 aromatic rings. The molecule has 0 aromatic heterocycles. The van der Waals surface area contributed by atoms with E-state index in [9.17, 15) is 5.11 Å². The van der Waals surface area contributed by atoms with Gasteiger partial charge in [0.2, 0.25) is 0 Å². The first-order chi connectivity index (χ1) is 4.61. The monoisotopic (exact) mass is 200 g/mol. The fraction of sp³-hybridized carbons (Fsp3) is 0.250. The molecule has 10 heavy (non-hydrogen) atoms. The Morgan fingerprint density at radius 3 is 2.10 bits per heavy atom. The standard InChI is InChI=1S/C8H9BrO/c1-8(9,10)7-5-3-2-4-6-7/h2-6,10H,1H3/t8-/m1/s1. The van der Waals surface area contributed by atoms with Gasteiger partial charge in [0.25, 0.3) is 0 Å². The van der Waals surface area contributed by atoms with Crippen LogP contribution in [0.4, 0.5) is 0 Å². The molecule has 1 N–H and O–H groups in total. The van der Waals surface area contributed by atoms with Crippen molar-refractivity contribution < 1.29 is 5.11 Å². The van der Waals surface area contributed by atoms with Crippen LogP contribution in [-0.2, 0) is 4.51 Å². The Morgan fingerprint density at radius 1 is 1.30 bits per heavy atom. The van der Waals surface area contributed by atoms with Crippen molar-refractivity contribution >= 4 is 15.9 Å². The molecule has 0 radical (unpaired) electrons. The predicted octanol–water partition coefficient (Wildman–Crippen LogP) is 2.25. The molecule has 0 bridgehead atoms. The highest BCUT2D eigenvalue weighted by Gasteiger charge is 2.16. The summed E-state index contributed by atoms with van der Waals surface area (Å²) in [6.45, 7) is 1.70. The van der Waals surface area contributed by atoms with Crippen molar-refractivity contribution in [3.8, 4) is 0 Å². The maximum Gasteiger partial charge on any atom is 0.142 e. The van der Waals surface area contributed by atoms with E-state index in [1.165, 1.54) is 0 Å². The molecule has 1 aromatic carbocycles. The van der Waals surface area contributed by atoms with Gasteiger partial charge in [-0.3, -0.25) is 0 Å². The lowest BCUT2D eigenvalue weighted by Crippen LogP contribution is -2.10. The lowest BCUT2D eigenvalue weighted by molar-refractivity contribution is 0.167. The zero-order valence-electron chi connectivity index (χ0n) is 5.71. The summed E-state index contributed by atoms with van der Waals surface area (Å²) in [6, 6.07) is 9.45. The second-order valence-electron chi connectivity index (χ2n) is 2.32. The number of hydrogen-bond acceptors (Lipinski definition) is 1. The SMILES string of the molecule is C[C@](O)(Br)c1ccccc1. The van der Waals surface area contributed by atoms with E-state index in [2.05, 4.69) is 15.9 Å². The third kappa shape index (κ3) is 1.82. The fourth-order valence-electron chi connectivity index (χ4n) is 0.742. The molecule has 0 aliphatic heterocycles. The van der Waals surface area contributed by atoms with Crippen LogP contribution >= 0.6 is 15.9 Å². The van der Waals surface area contributed by atoms with E-state index in [4.69, 9.17) is 0 Å². The minimum absolute atomic E-state index is 0.870. The van der Waals surface area contributed by atoms with Crippen LogP contribution in [0.25, 0.3) is 0 Å². The molecular formula is C8H9BrO. The summed E-state index contributed by atoms with van der Waals surface area (Å²) in [5.41, 5.74) is 0.870. The van der Waals surface area contributed by atoms with Crippen LogP contribution in [0, 0.1) is 0 Å². The summed E-state index contributed by atoms with van der Waals surface area (Å²) >= 11 is 3.14. The number of aliphatic hydroxyl groups is 1. The van der Waals surface area contributed by atoms with E-state index in [-0.39, 0.29) is 0 Å². The number of benzene rings is 1. The average Bonchev–Trinajstić information content (AvgIpc) is 1.88. The molecule has 0 spiro atoms. The van der Waals surface area contributed by atoms with Crippen molar-refractivity contribution in [2.45, 2.75) is 11.4 Å². The Bertz CT molecular complexity index is 200. The predicted molar refractivity (Wildman–Crippen MR) is 44.9 cm³/mol. The quantitative estimate of drug-likeness (QED) is 0.691. The summed E-state index contributed by atoms with van der Waals surface area (Å²) in [6.07, 6.45) is 0. The molecule has 0 aliphatic rings. The summed E-state index contributed by atoms with van der Waals surface area (Å²) < 4.78 is -0.895. The molecule has 2 heteroatoms. The van der Waals surface area contributed by atoms with Gasteiger partial charge < -0.3 is 5.11 Å². The smallest absolute Gasteiger partial charge is 0.142 e. The second kappa shape index (κ2) is 2.72. The molecule has 54 valence electrons. The molecule has 0 unspecified atom stereocenters. The number of hydrogen-bond donors (Lipinski definition) is 1. The van der Waals surface area contributed by atoms with Gasteiger partial charge in [-0.05, 0) is 28.4 Å². The Labute approximate surface area is 68.8 Å². The van der Waals surface area contributed by atoms with E-state index in [1.54, 1.807) is 6.92 Å². The van der Waals surface area contributed by atoms with Gasteiger partial charge in [0.05, 0.1) is 0 Å². The number of rotatable bonds is 1. The van der Waals surface area contributed by atoms with Crippen LogP contribution < -0.4 is 0 Å². The van der Waals surface area contributed by atoms with Crippen molar-refractivity contribution in [3.05, 3.63) is 35.9 Å². The fourth-order valence-corrected chi connectivity index (χ4v) is 1.01. The summed E-state index contributed by atoms with van der Waals surface area (Å²) in [4.78, 5) is 0. The third-order valence-corrected chi connectivity index (χ3v) is 1.76. The van der Waals surface area contributed by atoms with Gasteiger partial charge in [-0.15, -0.1) is 0 Å². The first-order valence-electron chi connectivity index (χ1n) is 3.07. The second-order valence-corrected chi connectivity index (χ2v) is 3.86. The highest BCUT2D eigenvalue weighted by Crippen LogP contribution is 2.26. The Kier molecular flexibility index (Phi) is 2.11. The molecule has 0 saturated carbocycles. The largest absolute Gasteiger partial charge is 0.375 e. The third-order valence-electron chi connectivity index (χ3n) is 1.30. The number of halogens is 1. The zero-order valence-corrected chi connectivity index (χ0v) is 7.30. The molecule has 0 fully saturated rings. The van der Waals surface area contributed by atoms with E-state index >= 15 is 0 Å². The van der Waals surface area contributed by atoms with Crippen LogP contribution in [0.1, 0.15) is 12.5 Å². The lowest BCUT2D eigenvalue weighted by atomic mass is 10.1. The van der Waals surface area contributed by atoms with Crippen molar-refractivity contribution in [1.29, 1.82) is 0 Å². The van der Waals surface area contributed by atoms with E-state index in [0.717, 1.165) is 5.56 Å². The van der Waals surface area contributed by atoms with Gasteiger partial charge in [-0.1, -0.05) is 30.3 Å². The van der Waals surface area contributed by atoms with Crippen molar-refractivity contribution in [2.24, 2.45) is 0 Å². The minimum Gasteiger partial charge on any atom is -0.375 e. The van der Waals surface area contributed by atoms with Crippen LogP contribution in [0.5, 0.6) is 0 Å². The van der Waals surface area contributed by atoms with Crippen LogP contribution in [0.15, 0.2) is 30.3 Å². The summed E-state index contributed by atoms with van der Waals surface area (Å²) in [5, 5.41) is 9.41. The van der Waals surface area contributed by atoms with Gasteiger partial charge in [0.1, 0.15) is 4.51 Å². The summed E-state index contributed by atoms with van der Waals surface area (Å²) in [5.74, 6) is 0. The maximum absolute atomic E-state index is 9.41. The minimum atomic E-state index is -0.895. The van der Waals surface area contributed by atoms with Gasteiger partial charge >= 0.3 is 0 Å². The molecule has 0 aliphatic carbocycles. The molecule has 1 rings (SSSR count). The Hall–Kier alpha value is -0.340. The molecule has 1 atom stereocenters. The van der Waals surface area contributed by atoms with Gasteiger partial charge in [-0.2, -0.15) is 0 Å². The van der Waals surface area contributed by atoms with Crippen molar-refractivity contribution in [1.82, 2.24) is 0 Å². The molecule has 1 nitrogen and oxygen atoms in total. The first kappa shape index (κ1) is 7.76. The van der Waals surface area contributed by atoms with Crippen molar-refractivity contribution in [3.63, 3.8) is 0 Å². The molecule has 0 amide bonds. The average molecular weight is 201 g/mol. The van der Waals surface area contributed by atoms with E-state index in [1.807, 2.05) is 30.3 Å². The normalized spacial score (nSPS) is 16.3. The van der Waals surface area contributed by atoms with Gasteiger partial charge in [0.15, 0.2) is 0 Å². The van der Waals surface area contributed by atoms with E-state index < -0.39 is 4.51 Å². The Balaban J connectivity index is 2.97. The lowest BCUT2D eigenvalue weighted by Gasteiger charge is -2.14. The van der Waals surface area contributed by atoms with Crippen LogP contribution in [-0.4, -0.2) is 5.11 Å². The topological polar surface area (TPSA) is 20.2 Å². The maximum atomic E-state index is 9.41. The van der Waals surface area contributed by atoms with Gasteiger partial charge in [-0.25, -0.2) is 0 Å². The Morgan fingerprint density at radius 2 is 1.80 bits per heavy atom. The van der Waals surface area contributed by atoms with Crippen molar-refractivity contribution in [2.75, 3.05) is 0 Å². The van der Waals surface area contributed by atoms with E-state index in [0.29, 0.717) is 0 Å². The van der Waals surface area contributed by atoms with Crippen LogP contribution in [0.2, 0.25) is 0 Å².